The molecule has 0 saturated carbocycles. The maximum Gasteiger partial charge on any atom is 0.322 e. The molecule has 1 saturated heterocycles. The Balaban J connectivity index is 1.69. The highest BCUT2D eigenvalue weighted by Gasteiger charge is 2.32. The first-order valence-corrected chi connectivity index (χ1v) is 10.00. The van der Waals surface area contributed by atoms with Crippen molar-refractivity contribution in [3.8, 4) is 0 Å². The first-order valence-electron chi connectivity index (χ1n) is 10.00. The first kappa shape index (κ1) is 19.9. The van der Waals surface area contributed by atoms with Crippen LogP contribution in [0.5, 0.6) is 0 Å². The number of amides is 3. The maximum atomic E-state index is 12.9. The number of rotatable bonds is 6. The highest BCUT2D eigenvalue weighted by molar-refractivity contribution is 5.98. The van der Waals surface area contributed by atoms with Crippen LogP contribution in [0.15, 0.2) is 48.5 Å². The van der Waals surface area contributed by atoms with Crippen molar-refractivity contribution in [1.29, 1.82) is 0 Å². The maximum absolute atomic E-state index is 12.9. The summed E-state index contributed by atoms with van der Waals surface area (Å²) in [5.74, 6) is 0.0494. The smallest absolute Gasteiger partial charge is 0.322 e. The van der Waals surface area contributed by atoms with Crippen LogP contribution in [0.1, 0.15) is 37.3 Å². The molecule has 2 aromatic rings. The van der Waals surface area contributed by atoms with Crippen LogP contribution in [0.3, 0.4) is 0 Å². The van der Waals surface area contributed by atoms with E-state index in [1.807, 2.05) is 55.5 Å². The molecule has 1 N–H and O–H groups in total. The van der Waals surface area contributed by atoms with Gasteiger partial charge in [0.2, 0.25) is 5.91 Å². The van der Waals surface area contributed by atoms with E-state index in [2.05, 4.69) is 19.2 Å². The molecule has 3 amide bonds. The van der Waals surface area contributed by atoms with Gasteiger partial charge in [-0.3, -0.25) is 9.69 Å². The molecule has 0 aliphatic carbocycles. The van der Waals surface area contributed by atoms with Crippen molar-refractivity contribution >= 4 is 23.3 Å². The number of aryl methyl sites for hydroxylation is 2. The van der Waals surface area contributed by atoms with E-state index in [-0.39, 0.29) is 18.0 Å². The number of carbonyl (C=O) groups excluding carboxylic acids is 2. The third-order valence-electron chi connectivity index (χ3n) is 5.30. The molecule has 3 rings (SSSR count). The summed E-state index contributed by atoms with van der Waals surface area (Å²) in [4.78, 5) is 29.0. The quantitative estimate of drug-likeness (QED) is 0.807. The molecular formula is C23H29N3O2. The van der Waals surface area contributed by atoms with Gasteiger partial charge in [0.15, 0.2) is 0 Å². The summed E-state index contributed by atoms with van der Waals surface area (Å²) in [6.45, 7) is 7.38. The topological polar surface area (TPSA) is 52.7 Å². The predicted octanol–water partition coefficient (Wildman–Crippen LogP) is 4.43. The lowest BCUT2D eigenvalue weighted by Gasteiger charge is -2.25. The molecule has 1 atom stereocenters. The zero-order valence-electron chi connectivity index (χ0n) is 16.9. The summed E-state index contributed by atoms with van der Waals surface area (Å²) < 4.78 is 0. The molecule has 1 fully saturated rings. The summed E-state index contributed by atoms with van der Waals surface area (Å²) >= 11 is 0. The lowest BCUT2D eigenvalue weighted by atomic mass is 10.1. The molecular weight excluding hydrogens is 350 g/mol. The van der Waals surface area contributed by atoms with Gasteiger partial charge in [0, 0.05) is 30.9 Å². The van der Waals surface area contributed by atoms with Crippen LogP contribution in [-0.4, -0.2) is 31.1 Å². The number of benzene rings is 2. The molecule has 28 heavy (non-hydrogen) atoms. The van der Waals surface area contributed by atoms with Crippen LogP contribution >= 0.6 is 0 Å². The fraction of sp³-hybridized carbons (Fsp3) is 0.391. The van der Waals surface area contributed by atoms with Crippen LogP contribution in [-0.2, 0) is 4.79 Å². The molecule has 1 aliphatic rings. The summed E-state index contributed by atoms with van der Waals surface area (Å²) in [5.41, 5.74) is 4.14. The molecule has 0 aromatic heterocycles. The monoisotopic (exact) mass is 379 g/mol. The Morgan fingerprint density at radius 3 is 2.57 bits per heavy atom. The van der Waals surface area contributed by atoms with Crippen LogP contribution in [0.2, 0.25) is 0 Å². The van der Waals surface area contributed by atoms with Crippen molar-refractivity contribution < 1.29 is 9.59 Å². The van der Waals surface area contributed by atoms with E-state index in [0.29, 0.717) is 19.5 Å². The van der Waals surface area contributed by atoms with Gasteiger partial charge in [0.25, 0.3) is 0 Å². The third kappa shape index (κ3) is 4.53. The molecule has 148 valence electrons. The van der Waals surface area contributed by atoms with Crippen molar-refractivity contribution in [2.24, 2.45) is 0 Å². The molecule has 0 spiro atoms. The minimum atomic E-state index is -0.186. The van der Waals surface area contributed by atoms with Crippen molar-refractivity contribution in [3.63, 3.8) is 0 Å². The van der Waals surface area contributed by atoms with E-state index in [1.54, 1.807) is 9.80 Å². The Bertz CT molecular complexity index is 835. The first-order chi connectivity index (χ1) is 13.5. The molecule has 2 aromatic carbocycles. The zero-order chi connectivity index (χ0) is 20.1. The van der Waals surface area contributed by atoms with Gasteiger partial charge >= 0.3 is 6.03 Å². The Kier molecular flexibility index (Phi) is 6.34. The van der Waals surface area contributed by atoms with Gasteiger partial charge in [-0.05, 0) is 55.7 Å². The summed E-state index contributed by atoms with van der Waals surface area (Å²) in [7, 11) is 0. The SMILES string of the molecule is CCCCN(C(=O)N[C@H]1CC(=O)N(c2ccc(C)c(C)c2)C1)c1ccccc1. The second-order valence-electron chi connectivity index (χ2n) is 7.46. The van der Waals surface area contributed by atoms with Gasteiger partial charge in [-0.2, -0.15) is 0 Å². The van der Waals surface area contributed by atoms with Crippen molar-refractivity contribution in [3.05, 3.63) is 59.7 Å². The number of hydrogen-bond donors (Lipinski definition) is 1. The van der Waals surface area contributed by atoms with E-state index in [0.717, 1.165) is 29.8 Å². The van der Waals surface area contributed by atoms with Crippen molar-refractivity contribution in [2.45, 2.75) is 46.1 Å². The van der Waals surface area contributed by atoms with E-state index < -0.39 is 0 Å². The summed E-state index contributed by atoms with van der Waals surface area (Å²) in [6.07, 6.45) is 2.27. The zero-order valence-corrected chi connectivity index (χ0v) is 16.9. The van der Waals surface area contributed by atoms with Gasteiger partial charge in [-0.1, -0.05) is 37.6 Å². The second-order valence-corrected chi connectivity index (χ2v) is 7.46. The number of hydrogen-bond acceptors (Lipinski definition) is 2. The highest BCUT2D eigenvalue weighted by Crippen LogP contribution is 2.24. The Morgan fingerprint density at radius 1 is 1.14 bits per heavy atom. The summed E-state index contributed by atoms with van der Waals surface area (Å²) in [5, 5.41) is 3.07. The molecule has 1 heterocycles. The number of nitrogens with zero attached hydrogens (tertiary/aromatic N) is 2. The van der Waals surface area contributed by atoms with Crippen LogP contribution in [0.25, 0.3) is 0 Å². The van der Waals surface area contributed by atoms with Crippen LogP contribution in [0.4, 0.5) is 16.2 Å². The van der Waals surface area contributed by atoms with Gasteiger partial charge in [-0.15, -0.1) is 0 Å². The largest absolute Gasteiger partial charge is 0.333 e. The van der Waals surface area contributed by atoms with Crippen LogP contribution < -0.4 is 15.1 Å². The Labute approximate surface area is 167 Å². The molecule has 5 nitrogen and oxygen atoms in total. The molecule has 5 heteroatoms. The van der Waals surface area contributed by atoms with Gasteiger partial charge in [0.05, 0.1) is 6.04 Å². The highest BCUT2D eigenvalue weighted by atomic mass is 16.2. The number of carbonyl (C=O) groups is 2. The van der Waals surface area contributed by atoms with E-state index in [9.17, 15) is 9.59 Å². The summed E-state index contributed by atoms with van der Waals surface area (Å²) in [6, 6.07) is 15.4. The number of urea groups is 1. The number of nitrogens with one attached hydrogen (secondary N) is 1. The predicted molar refractivity (Wildman–Crippen MR) is 114 cm³/mol. The normalized spacial score (nSPS) is 16.3. The molecule has 1 aliphatic heterocycles. The minimum Gasteiger partial charge on any atom is -0.333 e. The van der Waals surface area contributed by atoms with Gasteiger partial charge in [-0.25, -0.2) is 4.79 Å². The standard InChI is InChI=1S/C23H29N3O2/c1-4-5-13-25(20-9-7-6-8-10-20)23(28)24-19-15-22(27)26(16-19)21-12-11-17(2)18(3)14-21/h6-12,14,19H,4-5,13,15-16H2,1-3H3,(H,24,28)/t19-/m0/s1. The lowest BCUT2D eigenvalue weighted by Crippen LogP contribution is -2.46. The fourth-order valence-electron chi connectivity index (χ4n) is 3.47. The number of unbranched alkanes of at least 4 members (excludes halogenated alkanes) is 1. The average Bonchev–Trinajstić information content (AvgIpc) is 3.05. The van der Waals surface area contributed by atoms with Crippen molar-refractivity contribution in [2.75, 3.05) is 22.9 Å². The van der Waals surface area contributed by atoms with E-state index in [1.165, 1.54) is 5.56 Å². The number of anilines is 2. The van der Waals surface area contributed by atoms with Crippen LogP contribution in [0, 0.1) is 13.8 Å². The fourth-order valence-corrected chi connectivity index (χ4v) is 3.47. The Hall–Kier alpha value is -2.82. The third-order valence-corrected chi connectivity index (χ3v) is 5.30. The van der Waals surface area contributed by atoms with E-state index >= 15 is 0 Å². The van der Waals surface area contributed by atoms with Crippen molar-refractivity contribution in [1.82, 2.24) is 5.32 Å². The number of para-hydroxylation sites is 1. The lowest BCUT2D eigenvalue weighted by molar-refractivity contribution is -0.117. The molecule has 0 unspecified atom stereocenters. The Morgan fingerprint density at radius 2 is 1.89 bits per heavy atom. The van der Waals surface area contributed by atoms with Gasteiger partial charge < -0.3 is 10.2 Å². The molecule has 0 bridgehead atoms. The second kappa shape index (κ2) is 8.91. The van der Waals surface area contributed by atoms with E-state index in [4.69, 9.17) is 0 Å². The van der Waals surface area contributed by atoms with Gasteiger partial charge in [0.1, 0.15) is 0 Å². The molecule has 0 radical (unpaired) electrons. The average molecular weight is 380 g/mol. The minimum absolute atomic E-state index is 0.0494.